The van der Waals surface area contributed by atoms with Crippen LogP contribution in [0.15, 0.2) is 54.6 Å². The van der Waals surface area contributed by atoms with Gasteiger partial charge in [0.05, 0.1) is 11.3 Å². The molecular weight excluding hydrogens is 392 g/mol. The molecule has 7 nitrogen and oxygen atoms in total. The number of nitrogens with one attached hydrogen (secondary N) is 3. The standard InChI is InChI=1S/C24H30N4O3/c29-22(25-14-13-19-9-3-1-4-10-19)20-11-5-6-12-21(20)27-24(31)23(30)26-15-18-28-16-7-2-8-17-28/h1,3-6,9-12H,2,7-8,13-18H2,(H,25,29)(H,26,30)(H,27,31). The first-order valence-corrected chi connectivity index (χ1v) is 10.9. The highest BCUT2D eigenvalue weighted by atomic mass is 16.2. The molecule has 1 heterocycles. The van der Waals surface area contributed by atoms with Crippen LogP contribution in [0.25, 0.3) is 0 Å². The van der Waals surface area contributed by atoms with Crippen molar-refractivity contribution >= 4 is 23.4 Å². The van der Waals surface area contributed by atoms with E-state index in [2.05, 4.69) is 20.9 Å². The molecule has 0 aromatic heterocycles. The Bertz CT molecular complexity index is 879. The maximum atomic E-state index is 12.6. The van der Waals surface area contributed by atoms with Crippen molar-refractivity contribution in [3.8, 4) is 0 Å². The van der Waals surface area contributed by atoms with E-state index in [-0.39, 0.29) is 5.91 Å². The van der Waals surface area contributed by atoms with Crippen LogP contribution in [0.1, 0.15) is 35.2 Å². The molecular formula is C24H30N4O3. The smallest absolute Gasteiger partial charge is 0.313 e. The van der Waals surface area contributed by atoms with Gasteiger partial charge in [0, 0.05) is 19.6 Å². The molecule has 164 valence electrons. The quantitative estimate of drug-likeness (QED) is 0.569. The van der Waals surface area contributed by atoms with Gasteiger partial charge in [0.15, 0.2) is 0 Å². The average molecular weight is 423 g/mol. The summed E-state index contributed by atoms with van der Waals surface area (Å²) in [5.74, 6) is -1.77. The number of likely N-dealkylation sites (tertiary alicyclic amines) is 1. The molecule has 0 bridgehead atoms. The van der Waals surface area contributed by atoms with E-state index in [4.69, 9.17) is 0 Å². The molecule has 0 saturated carbocycles. The van der Waals surface area contributed by atoms with Crippen LogP contribution < -0.4 is 16.0 Å². The summed E-state index contributed by atoms with van der Waals surface area (Å²) in [6, 6.07) is 16.6. The maximum absolute atomic E-state index is 12.6. The summed E-state index contributed by atoms with van der Waals surface area (Å²) in [4.78, 5) is 39.3. The fourth-order valence-corrected chi connectivity index (χ4v) is 3.62. The summed E-state index contributed by atoms with van der Waals surface area (Å²) < 4.78 is 0. The third-order valence-corrected chi connectivity index (χ3v) is 5.33. The van der Waals surface area contributed by atoms with E-state index < -0.39 is 11.8 Å². The number of carbonyl (C=O) groups is 3. The van der Waals surface area contributed by atoms with Crippen LogP contribution in [0.5, 0.6) is 0 Å². The van der Waals surface area contributed by atoms with Gasteiger partial charge in [0.2, 0.25) is 0 Å². The van der Waals surface area contributed by atoms with Gasteiger partial charge in [-0.15, -0.1) is 0 Å². The van der Waals surface area contributed by atoms with Gasteiger partial charge < -0.3 is 20.9 Å². The van der Waals surface area contributed by atoms with Gasteiger partial charge >= 0.3 is 11.8 Å². The van der Waals surface area contributed by atoms with E-state index >= 15 is 0 Å². The van der Waals surface area contributed by atoms with E-state index in [1.807, 2.05) is 30.3 Å². The van der Waals surface area contributed by atoms with Crippen LogP contribution in [0, 0.1) is 0 Å². The maximum Gasteiger partial charge on any atom is 0.313 e. The van der Waals surface area contributed by atoms with E-state index in [0.717, 1.165) is 25.2 Å². The first-order chi connectivity index (χ1) is 15.1. The molecule has 3 amide bonds. The van der Waals surface area contributed by atoms with Crippen molar-refractivity contribution in [1.29, 1.82) is 0 Å². The lowest BCUT2D eigenvalue weighted by atomic mass is 10.1. The Labute approximate surface area is 183 Å². The normalized spacial score (nSPS) is 13.9. The molecule has 0 aliphatic carbocycles. The van der Waals surface area contributed by atoms with Crippen molar-refractivity contribution in [3.05, 3.63) is 65.7 Å². The van der Waals surface area contributed by atoms with Gasteiger partial charge in [0.25, 0.3) is 5.91 Å². The minimum atomic E-state index is -0.775. The number of para-hydroxylation sites is 1. The number of benzene rings is 2. The predicted molar refractivity (Wildman–Crippen MR) is 121 cm³/mol. The van der Waals surface area contributed by atoms with Crippen LogP contribution in [0.4, 0.5) is 5.69 Å². The van der Waals surface area contributed by atoms with Gasteiger partial charge in [0.1, 0.15) is 0 Å². The number of hydrogen-bond acceptors (Lipinski definition) is 4. The summed E-state index contributed by atoms with van der Waals surface area (Å²) in [5, 5.41) is 8.08. The first-order valence-electron chi connectivity index (χ1n) is 10.9. The SMILES string of the molecule is O=C(NCCN1CCCCC1)C(=O)Nc1ccccc1C(=O)NCCc1ccccc1. The Morgan fingerprint density at radius 2 is 1.48 bits per heavy atom. The summed E-state index contributed by atoms with van der Waals surface area (Å²) >= 11 is 0. The lowest BCUT2D eigenvalue weighted by Crippen LogP contribution is -2.41. The summed E-state index contributed by atoms with van der Waals surface area (Å²) in [5.41, 5.74) is 1.77. The Morgan fingerprint density at radius 3 is 2.26 bits per heavy atom. The zero-order chi connectivity index (χ0) is 21.9. The number of amides is 3. The topological polar surface area (TPSA) is 90.5 Å². The molecule has 1 saturated heterocycles. The molecule has 2 aromatic rings. The molecule has 7 heteroatoms. The van der Waals surface area contributed by atoms with Gasteiger partial charge in [-0.05, 0) is 50.0 Å². The molecule has 0 radical (unpaired) electrons. The fourth-order valence-electron chi connectivity index (χ4n) is 3.62. The van der Waals surface area contributed by atoms with E-state index in [0.29, 0.717) is 30.8 Å². The monoisotopic (exact) mass is 422 g/mol. The summed E-state index contributed by atoms with van der Waals surface area (Å²) in [7, 11) is 0. The first kappa shape index (κ1) is 22.5. The van der Waals surface area contributed by atoms with Crippen molar-refractivity contribution in [2.45, 2.75) is 25.7 Å². The third-order valence-electron chi connectivity index (χ3n) is 5.33. The highest BCUT2D eigenvalue weighted by Gasteiger charge is 2.18. The van der Waals surface area contributed by atoms with Gasteiger partial charge in [-0.3, -0.25) is 14.4 Å². The van der Waals surface area contributed by atoms with Crippen molar-refractivity contribution in [2.75, 3.05) is 38.0 Å². The Hall–Kier alpha value is -3.19. The predicted octanol–water partition coefficient (Wildman–Crippen LogP) is 2.20. The van der Waals surface area contributed by atoms with E-state index in [1.165, 1.54) is 19.3 Å². The van der Waals surface area contributed by atoms with Gasteiger partial charge in [-0.25, -0.2) is 0 Å². The van der Waals surface area contributed by atoms with Crippen LogP contribution in [0.2, 0.25) is 0 Å². The molecule has 1 aliphatic heterocycles. The minimum absolute atomic E-state index is 0.294. The molecule has 31 heavy (non-hydrogen) atoms. The molecule has 1 aliphatic rings. The van der Waals surface area contributed by atoms with Gasteiger partial charge in [-0.2, -0.15) is 0 Å². The second-order valence-electron chi connectivity index (χ2n) is 7.65. The molecule has 1 fully saturated rings. The van der Waals surface area contributed by atoms with Crippen LogP contribution in [-0.4, -0.2) is 55.3 Å². The second kappa shape index (κ2) is 11.9. The fraction of sp³-hybridized carbons (Fsp3) is 0.375. The van der Waals surface area contributed by atoms with Crippen LogP contribution in [0.3, 0.4) is 0 Å². The number of hydrogen-bond donors (Lipinski definition) is 3. The highest BCUT2D eigenvalue weighted by molar-refractivity contribution is 6.40. The number of piperidine rings is 1. The van der Waals surface area contributed by atoms with E-state index in [1.54, 1.807) is 24.3 Å². The Kier molecular flexibility index (Phi) is 8.60. The van der Waals surface area contributed by atoms with Crippen molar-refractivity contribution < 1.29 is 14.4 Å². The van der Waals surface area contributed by atoms with Crippen molar-refractivity contribution in [3.63, 3.8) is 0 Å². The minimum Gasteiger partial charge on any atom is -0.352 e. The Morgan fingerprint density at radius 1 is 0.774 bits per heavy atom. The summed E-state index contributed by atoms with van der Waals surface area (Å²) in [6.45, 7) is 3.71. The number of nitrogens with zero attached hydrogens (tertiary/aromatic N) is 1. The number of carbonyl (C=O) groups excluding carboxylic acids is 3. The summed E-state index contributed by atoms with van der Waals surface area (Å²) in [6.07, 6.45) is 4.32. The zero-order valence-corrected chi connectivity index (χ0v) is 17.7. The molecule has 3 N–H and O–H groups in total. The van der Waals surface area contributed by atoms with Gasteiger partial charge in [-0.1, -0.05) is 48.9 Å². The van der Waals surface area contributed by atoms with Crippen molar-refractivity contribution in [1.82, 2.24) is 15.5 Å². The lowest BCUT2D eigenvalue weighted by Gasteiger charge is -2.26. The third kappa shape index (κ3) is 7.22. The average Bonchev–Trinajstić information content (AvgIpc) is 2.80. The molecule has 2 aromatic carbocycles. The zero-order valence-electron chi connectivity index (χ0n) is 17.7. The molecule has 0 atom stereocenters. The lowest BCUT2D eigenvalue weighted by molar-refractivity contribution is -0.136. The molecule has 0 spiro atoms. The molecule has 0 unspecified atom stereocenters. The Balaban J connectivity index is 1.47. The van der Waals surface area contributed by atoms with Crippen LogP contribution >= 0.6 is 0 Å². The number of anilines is 1. The molecule has 3 rings (SSSR count). The second-order valence-corrected chi connectivity index (χ2v) is 7.65. The number of rotatable bonds is 8. The highest BCUT2D eigenvalue weighted by Crippen LogP contribution is 2.15. The van der Waals surface area contributed by atoms with Crippen molar-refractivity contribution in [2.24, 2.45) is 0 Å². The van der Waals surface area contributed by atoms with Crippen LogP contribution in [-0.2, 0) is 16.0 Å². The van der Waals surface area contributed by atoms with E-state index in [9.17, 15) is 14.4 Å². The largest absolute Gasteiger partial charge is 0.352 e.